The molecular formula is C43H48ClF2N11O4. The summed E-state index contributed by atoms with van der Waals surface area (Å²) in [6, 6.07) is 10.4. The van der Waals surface area contributed by atoms with E-state index in [2.05, 4.69) is 41.7 Å². The molecule has 3 N–H and O–H groups in total. The number of benzene rings is 2. The Kier molecular flexibility index (Phi) is 10.0. The van der Waals surface area contributed by atoms with E-state index in [4.69, 9.17) is 26.4 Å². The van der Waals surface area contributed by atoms with Crippen LogP contribution in [0, 0.1) is 11.8 Å². The first kappa shape index (κ1) is 39.6. The number of halogens is 3. The monoisotopic (exact) mass is 855 g/mol. The molecule has 0 radical (unpaired) electrons. The van der Waals surface area contributed by atoms with E-state index < -0.39 is 30.0 Å². The molecule has 7 heterocycles. The van der Waals surface area contributed by atoms with Crippen molar-refractivity contribution in [1.82, 2.24) is 34.5 Å². The van der Waals surface area contributed by atoms with E-state index in [1.165, 1.54) is 4.57 Å². The maximum Gasteiger partial charge on any atom is 0.301 e. The fourth-order valence-electron chi connectivity index (χ4n) is 9.68. The number of aromatic nitrogens is 5. The number of carbonyl (C=O) groups is 2. The maximum atomic E-state index is 15.2. The lowest BCUT2D eigenvalue weighted by atomic mass is 9.92. The lowest BCUT2D eigenvalue weighted by molar-refractivity contribution is -0.134. The number of hydrogen-bond acceptors (Lipinski definition) is 12. The first-order valence-electron chi connectivity index (χ1n) is 21.2. The highest BCUT2D eigenvalue weighted by atomic mass is 35.5. The van der Waals surface area contributed by atoms with Crippen molar-refractivity contribution in [2.24, 2.45) is 25.9 Å². The number of rotatable bonds is 8. The van der Waals surface area contributed by atoms with Crippen LogP contribution < -0.4 is 36.0 Å². The molecule has 5 aliphatic rings. The lowest BCUT2D eigenvalue weighted by Gasteiger charge is -2.39. The molecule has 61 heavy (non-hydrogen) atoms. The number of carbonyl (C=O) groups excluding carboxylic acids is 2. The molecule has 1 aliphatic carbocycles. The van der Waals surface area contributed by atoms with Crippen molar-refractivity contribution in [3.05, 3.63) is 63.7 Å². The second kappa shape index (κ2) is 15.4. The van der Waals surface area contributed by atoms with Crippen LogP contribution in [0.3, 0.4) is 0 Å². The number of imide groups is 1. The Hall–Kier alpha value is -5.55. The molecule has 3 saturated heterocycles. The summed E-state index contributed by atoms with van der Waals surface area (Å²) in [6.45, 7) is 5.40. The summed E-state index contributed by atoms with van der Waals surface area (Å²) < 4.78 is 39.1. The van der Waals surface area contributed by atoms with Crippen LogP contribution in [-0.2, 0) is 23.7 Å². The van der Waals surface area contributed by atoms with Crippen LogP contribution in [0.15, 0.2) is 47.4 Å². The molecule has 10 rings (SSSR count). The number of aryl methyl sites for hydroxylation is 2. The van der Waals surface area contributed by atoms with Gasteiger partial charge in [-0.3, -0.25) is 29.3 Å². The smallest absolute Gasteiger partial charge is 0.301 e. The van der Waals surface area contributed by atoms with E-state index in [1.54, 1.807) is 31.4 Å². The average molecular weight is 856 g/mol. The second-order valence-corrected chi connectivity index (χ2v) is 17.6. The van der Waals surface area contributed by atoms with E-state index in [0.717, 1.165) is 80.9 Å². The Morgan fingerprint density at radius 2 is 1.74 bits per heavy atom. The standard InChI is InChI=1S/C43H48ClF2N11O4/c1-53-31-10-8-26(20-29(31)35-37(41(53)60)61-23-43(45,46)38(50-35)25-6-7-25)48-39-30(44)21-47-42(51-39)57-14-12-24(13-15-57)22-55-16-18-56(19-17-55)32-5-3-4-27-34(52-54(2)36(27)32)28-9-11-33(58)49-40(28)59/h3-5,8,10,20-21,24-25,28,38,50H,6-7,9,11-19,22-23H2,1-2H3,(H,47,48,51)(H,49,58,59). The number of anilines is 5. The van der Waals surface area contributed by atoms with Gasteiger partial charge in [0.05, 0.1) is 46.3 Å². The molecule has 3 aromatic heterocycles. The van der Waals surface area contributed by atoms with Crippen LogP contribution in [0.2, 0.25) is 5.02 Å². The van der Waals surface area contributed by atoms with Crippen LogP contribution in [0.25, 0.3) is 21.8 Å². The Labute approximate surface area is 355 Å². The van der Waals surface area contributed by atoms with E-state index in [0.29, 0.717) is 65.0 Å². The number of alkyl halides is 2. The van der Waals surface area contributed by atoms with E-state index in [1.807, 2.05) is 23.9 Å². The van der Waals surface area contributed by atoms with Crippen molar-refractivity contribution in [3.63, 3.8) is 0 Å². The molecule has 2 aromatic carbocycles. The summed E-state index contributed by atoms with van der Waals surface area (Å²) in [4.78, 5) is 54.3. The van der Waals surface area contributed by atoms with Crippen molar-refractivity contribution in [2.75, 3.05) is 72.9 Å². The first-order chi connectivity index (χ1) is 29.4. The normalized spacial score (nSPS) is 22.4. The summed E-state index contributed by atoms with van der Waals surface area (Å²) in [7, 11) is 3.53. The van der Waals surface area contributed by atoms with Crippen LogP contribution in [0.1, 0.15) is 50.1 Å². The van der Waals surface area contributed by atoms with E-state index >= 15 is 8.78 Å². The minimum Gasteiger partial charge on any atom is -0.480 e. The van der Waals surface area contributed by atoms with Crippen molar-refractivity contribution in [2.45, 2.75) is 56.4 Å². The van der Waals surface area contributed by atoms with Crippen LogP contribution in [-0.4, -0.2) is 105 Å². The van der Waals surface area contributed by atoms with Gasteiger partial charge in [-0.2, -0.15) is 10.1 Å². The van der Waals surface area contributed by atoms with Crippen LogP contribution >= 0.6 is 11.6 Å². The van der Waals surface area contributed by atoms with Gasteiger partial charge in [-0.15, -0.1) is 0 Å². The molecule has 5 aromatic rings. The van der Waals surface area contributed by atoms with Crippen LogP contribution in [0.5, 0.6) is 5.75 Å². The van der Waals surface area contributed by atoms with Crippen molar-refractivity contribution >= 4 is 74.0 Å². The van der Waals surface area contributed by atoms with Gasteiger partial charge in [0.15, 0.2) is 12.4 Å². The summed E-state index contributed by atoms with van der Waals surface area (Å²) in [5.74, 6) is -2.84. The van der Waals surface area contributed by atoms with Gasteiger partial charge in [0, 0.05) is 82.8 Å². The molecule has 0 spiro atoms. The molecule has 320 valence electrons. The molecule has 2 atom stereocenters. The van der Waals surface area contributed by atoms with Gasteiger partial charge >= 0.3 is 5.92 Å². The highest BCUT2D eigenvalue weighted by Crippen LogP contribution is 2.46. The number of amides is 2. The number of pyridine rings is 1. The number of ether oxygens (including phenoxy) is 1. The van der Waals surface area contributed by atoms with Crippen molar-refractivity contribution in [3.8, 4) is 5.75 Å². The quantitative estimate of drug-likeness (QED) is 0.172. The number of nitrogens with zero attached hydrogens (tertiary/aromatic N) is 8. The number of nitrogens with one attached hydrogen (secondary N) is 3. The molecule has 2 amide bonds. The van der Waals surface area contributed by atoms with Gasteiger partial charge in [-0.25, -0.2) is 13.8 Å². The lowest BCUT2D eigenvalue weighted by Crippen LogP contribution is -2.49. The van der Waals surface area contributed by atoms with Gasteiger partial charge in [-0.1, -0.05) is 23.7 Å². The van der Waals surface area contributed by atoms with E-state index in [9.17, 15) is 14.4 Å². The third kappa shape index (κ3) is 7.38. The Balaban J connectivity index is 0.777. The zero-order valence-electron chi connectivity index (χ0n) is 34.1. The molecular weight excluding hydrogens is 808 g/mol. The highest BCUT2D eigenvalue weighted by molar-refractivity contribution is 6.33. The summed E-state index contributed by atoms with van der Waals surface area (Å²) in [6.07, 6.45) is 5.77. The highest BCUT2D eigenvalue weighted by Gasteiger charge is 2.51. The molecule has 4 fully saturated rings. The van der Waals surface area contributed by atoms with Gasteiger partial charge in [0.25, 0.3) is 5.56 Å². The fraction of sp³-hybridized carbons (Fsp3) is 0.488. The zero-order valence-corrected chi connectivity index (χ0v) is 34.9. The Morgan fingerprint density at radius 1 is 0.951 bits per heavy atom. The molecule has 4 aliphatic heterocycles. The first-order valence-corrected chi connectivity index (χ1v) is 21.5. The predicted octanol–water partition coefficient (Wildman–Crippen LogP) is 5.39. The zero-order chi connectivity index (χ0) is 42.2. The molecule has 2 unspecified atom stereocenters. The summed E-state index contributed by atoms with van der Waals surface area (Å²) in [5.41, 5.74) is 3.85. The number of para-hydroxylation sites is 1. The van der Waals surface area contributed by atoms with Gasteiger partial charge < -0.3 is 29.7 Å². The fourth-order valence-corrected chi connectivity index (χ4v) is 9.82. The van der Waals surface area contributed by atoms with E-state index in [-0.39, 0.29) is 29.2 Å². The Morgan fingerprint density at radius 3 is 2.49 bits per heavy atom. The summed E-state index contributed by atoms with van der Waals surface area (Å²) in [5, 5.41) is 15.5. The molecule has 15 nitrogen and oxygen atoms in total. The number of hydrogen-bond donors (Lipinski definition) is 3. The average Bonchev–Trinajstić information content (AvgIpc) is 4.05. The summed E-state index contributed by atoms with van der Waals surface area (Å²) >= 11 is 6.63. The largest absolute Gasteiger partial charge is 0.480 e. The van der Waals surface area contributed by atoms with Gasteiger partial charge in [-0.05, 0) is 68.2 Å². The third-order valence-electron chi connectivity index (χ3n) is 13.2. The number of fused-ring (bicyclic) bond motifs is 4. The predicted molar refractivity (Wildman–Crippen MR) is 230 cm³/mol. The van der Waals surface area contributed by atoms with Gasteiger partial charge in [0.2, 0.25) is 23.5 Å². The van der Waals surface area contributed by atoms with Gasteiger partial charge in [0.1, 0.15) is 5.02 Å². The molecule has 18 heteroatoms. The maximum absolute atomic E-state index is 15.2. The minimum atomic E-state index is -3.13. The minimum absolute atomic E-state index is 0.106. The topological polar surface area (TPSA) is 155 Å². The third-order valence-corrected chi connectivity index (χ3v) is 13.4. The molecule has 1 saturated carbocycles. The van der Waals surface area contributed by atoms with Crippen molar-refractivity contribution < 1.29 is 23.1 Å². The van der Waals surface area contributed by atoms with Crippen molar-refractivity contribution in [1.29, 1.82) is 0 Å². The second-order valence-electron chi connectivity index (χ2n) is 17.2. The SMILES string of the molecule is Cn1nc(C2CCC(=O)NC2=O)c2cccc(N3CCN(CC4CCN(c5ncc(Cl)c(Nc6ccc7c(c6)c6c(c(=O)n7C)OCC(F)(F)C(C7CC7)N6)n5)CC4)CC3)c21. The molecule has 0 bridgehead atoms. The Bertz CT molecular complexity index is 2620. The van der Waals surface area contributed by atoms with Crippen LogP contribution in [0.4, 0.5) is 37.6 Å². The number of piperidine rings is 2. The number of piperazine rings is 1.